The highest BCUT2D eigenvalue weighted by Crippen LogP contribution is 2.33. The van der Waals surface area contributed by atoms with Crippen molar-refractivity contribution in [1.29, 1.82) is 0 Å². The highest BCUT2D eigenvalue weighted by atomic mass is 16.8. The molecule has 1 amide bonds. The zero-order valence-electron chi connectivity index (χ0n) is 53.6. The molecule has 0 spiro atoms. The number of carbonyl (C=O) groups excluding carboxylic acids is 1. The summed E-state index contributed by atoms with van der Waals surface area (Å²) in [6.45, 7) is 1.46. The first-order chi connectivity index (χ1) is 43.3. The van der Waals surface area contributed by atoms with Gasteiger partial charge >= 0.3 is 0 Å². The van der Waals surface area contributed by atoms with Gasteiger partial charge in [0.25, 0.3) is 0 Å². The van der Waals surface area contributed by atoms with E-state index in [1.54, 1.807) is 0 Å². The molecule has 0 saturated carbocycles. The molecule has 0 aliphatic carbocycles. The molecule has 0 aromatic rings. The minimum atomic E-state index is -1.97. The molecule has 3 fully saturated rings. The van der Waals surface area contributed by atoms with Crippen LogP contribution >= 0.6 is 0 Å². The summed E-state index contributed by atoms with van der Waals surface area (Å²) in [6.07, 6.45) is 41.9. The summed E-state index contributed by atoms with van der Waals surface area (Å²) in [6, 6.07) is -0.889. The first-order valence-electron chi connectivity index (χ1n) is 33.6. The lowest BCUT2D eigenvalue weighted by Gasteiger charge is -2.48. The Balaban J connectivity index is 1.21. The van der Waals surface area contributed by atoms with Crippen molar-refractivity contribution in [2.75, 3.05) is 26.4 Å². The normalized spacial score (nSPS) is 28.9. The quantitative estimate of drug-likeness (QED) is 0.0201. The molecule has 12 N–H and O–H groups in total. The third-order valence-electron chi connectivity index (χ3n) is 16.1. The number of hydrogen-bond acceptors (Lipinski definition) is 18. The van der Waals surface area contributed by atoms with Crippen molar-refractivity contribution in [1.82, 2.24) is 5.32 Å². The molecule has 17 atom stereocenters. The number of hydrogen-bond donors (Lipinski definition) is 12. The summed E-state index contributed by atoms with van der Waals surface area (Å²) in [5.41, 5.74) is 0. The molecule has 19 nitrogen and oxygen atoms in total. The molecule has 3 rings (SSSR count). The third kappa shape index (κ3) is 33.2. The van der Waals surface area contributed by atoms with E-state index in [9.17, 15) is 61.0 Å². The first kappa shape index (κ1) is 79.7. The fourth-order valence-electron chi connectivity index (χ4n) is 10.7. The molecule has 19 heteroatoms. The van der Waals surface area contributed by atoms with Gasteiger partial charge in [0.15, 0.2) is 18.9 Å². The predicted molar refractivity (Wildman–Crippen MR) is 346 cm³/mol. The van der Waals surface area contributed by atoms with Gasteiger partial charge in [-0.25, -0.2) is 0 Å². The van der Waals surface area contributed by atoms with Crippen LogP contribution in [-0.2, 0) is 33.2 Å². The van der Waals surface area contributed by atoms with Crippen LogP contribution < -0.4 is 5.32 Å². The van der Waals surface area contributed by atoms with Crippen LogP contribution in [0.5, 0.6) is 0 Å². The highest BCUT2D eigenvalue weighted by molar-refractivity contribution is 5.76. The largest absolute Gasteiger partial charge is 0.394 e. The molecule has 3 aliphatic rings. The number of amides is 1. The zero-order chi connectivity index (χ0) is 64.7. The second-order valence-corrected chi connectivity index (χ2v) is 23.6. The SMILES string of the molecule is CC/C=C\C/C=C\C/C=C\C/C=C\C/C=C\C/C=C\C/C=C\C/C=C\C/C=C\CCCCCCCCCCCCCCCC(=O)NC(COC1OC(CO)C(OC2OC(CO)C(OC3OC(CO)C(O)C(O)C3O)C(O)C2O)C(O)C1O)C(O)CCCCC. The summed E-state index contributed by atoms with van der Waals surface area (Å²) < 4.78 is 34.1. The number of aliphatic hydroxyl groups is 11. The zero-order valence-corrected chi connectivity index (χ0v) is 53.6. The van der Waals surface area contributed by atoms with Crippen LogP contribution in [-0.4, -0.2) is 193 Å². The van der Waals surface area contributed by atoms with E-state index in [0.29, 0.717) is 19.3 Å². The Morgan fingerprint density at radius 1 is 0.416 bits per heavy atom. The highest BCUT2D eigenvalue weighted by Gasteiger charge is 2.53. The summed E-state index contributed by atoms with van der Waals surface area (Å²) >= 11 is 0. The number of carbonyl (C=O) groups is 1. The first-order valence-corrected chi connectivity index (χ1v) is 33.6. The van der Waals surface area contributed by atoms with E-state index in [1.165, 1.54) is 57.8 Å². The molecular formula is C70H117NO18. The van der Waals surface area contributed by atoms with Crippen LogP contribution in [0.1, 0.15) is 194 Å². The van der Waals surface area contributed by atoms with Crippen molar-refractivity contribution >= 4 is 5.91 Å². The molecule has 0 radical (unpaired) electrons. The summed E-state index contributed by atoms with van der Waals surface area (Å²) in [4.78, 5) is 13.2. The fourth-order valence-corrected chi connectivity index (χ4v) is 10.7. The van der Waals surface area contributed by atoms with Gasteiger partial charge in [-0.15, -0.1) is 0 Å². The van der Waals surface area contributed by atoms with E-state index >= 15 is 0 Å². The Kier molecular flexibility index (Phi) is 45.6. The van der Waals surface area contributed by atoms with E-state index in [1.807, 2.05) is 6.92 Å². The van der Waals surface area contributed by atoms with Crippen LogP contribution in [0.15, 0.2) is 109 Å². The lowest BCUT2D eigenvalue weighted by molar-refractivity contribution is -0.379. The van der Waals surface area contributed by atoms with E-state index in [2.05, 4.69) is 122 Å². The number of unbranched alkanes of at least 4 members (excludes halogenated alkanes) is 15. The van der Waals surface area contributed by atoms with E-state index in [-0.39, 0.29) is 18.9 Å². The van der Waals surface area contributed by atoms with Crippen molar-refractivity contribution in [3.63, 3.8) is 0 Å². The smallest absolute Gasteiger partial charge is 0.220 e. The van der Waals surface area contributed by atoms with Crippen molar-refractivity contribution in [2.45, 2.75) is 298 Å². The number of aliphatic hydroxyl groups excluding tert-OH is 11. The average Bonchev–Trinajstić information content (AvgIpc) is 1.74. The predicted octanol–water partition coefficient (Wildman–Crippen LogP) is 8.27. The minimum Gasteiger partial charge on any atom is -0.394 e. The van der Waals surface area contributed by atoms with Crippen LogP contribution in [0.2, 0.25) is 0 Å². The van der Waals surface area contributed by atoms with Gasteiger partial charge in [-0.05, 0) is 83.5 Å². The van der Waals surface area contributed by atoms with E-state index < -0.39 is 124 Å². The molecule has 0 bridgehead atoms. The summed E-state index contributed by atoms with van der Waals surface area (Å²) in [5.74, 6) is -0.261. The van der Waals surface area contributed by atoms with Crippen LogP contribution in [0.3, 0.4) is 0 Å². The van der Waals surface area contributed by atoms with Gasteiger partial charge in [-0.3, -0.25) is 4.79 Å². The van der Waals surface area contributed by atoms with Crippen LogP contribution in [0, 0.1) is 0 Å². The minimum absolute atomic E-state index is 0.256. The monoisotopic (exact) mass is 1260 g/mol. The number of allylic oxidation sites excluding steroid dienone is 18. The molecule has 89 heavy (non-hydrogen) atoms. The Morgan fingerprint density at radius 3 is 1.19 bits per heavy atom. The Hall–Kier alpha value is -3.55. The second-order valence-electron chi connectivity index (χ2n) is 23.6. The molecular weight excluding hydrogens is 1140 g/mol. The Labute approximate surface area is 532 Å². The number of rotatable bonds is 49. The maximum Gasteiger partial charge on any atom is 0.220 e. The van der Waals surface area contributed by atoms with E-state index in [4.69, 9.17) is 28.4 Å². The maximum absolute atomic E-state index is 13.2. The van der Waals surface area contributed by atoms with Crippen molar-refractivity contribution < 1.29 is 89.4 Å². The molecule has 0 aromatic heterocycles. The third-order valence-corrected chi connectivity index (χ3v) is 16.1. The van der Waals surface area contributed by atoms with Gasteiger partial charge in [0.05, 0.1) is 38.6 Å². The lowest BCUT2D eigenvalue weighted by atomic mass is 9.96. The second kappa shape index (κ2) is 50.9. The van der Waals surface area contributed by atoms with Gasteiger partial charge in [0.1, 0.15) is 73.2 Å². The summed E-state index contributed by atoms with van der Waals surface area (Å²) in [7, 11) is 0. The van der Waals surface area contributed by atoms with Gasteiger partial charge in [-0.2, -0.15) is 0 Å². The Bertz CT molecular complexity index is 2040. The molecule has 0 aromatic carbocycles. The topological polar surface area (TPSA) is 307 Å². The molecule has 3 aliphatic heterocycles. The van der Waals surface area contributed by atoms with Gasteiger partial charge in [0.2, 0.25) is 5.91 Å². The van der Waals surface area contributed by atoms with E-state index in [0.717, 1.165) is 96.3 Å². The number of nitrogens with one attached hydrogen (secondary N) is 1. The molecule has 3 saturated heterocycles. The molecule has 3 heterocycles. The average molecular weight is 1260 g/mol. The van der Waals surface area contributed by atoms with Gasteiger partial charge in [-0.1, -0.05) is 213 Å². The maximum atomic E-state index is 13.2. The van der Waals surface area contributed by atoms with Gasteiger partial charge in [0, 0.05) is 6.42 Å². The van der Waals surface area contributed by atoms with Crippen molar-refractivity contribution in [3.05, 3.63) is 109 Å². The number of ether oxygens (including phenoxy) is 6. The van der Waals surface area contributed by atoms with Crippen molar-refractivity contribution in [2.24, 2.45) is 0 Å². The van der Waals surface area contributed by atoms with Gasteiger partial charge < -0.3 is 89.9 Å². The molecule has 510 valence electrons. The standard InChI is InChI=1S/C70H117NO18/c1-3-5-7-8-9-10-11-12-13-14-15-16-17-18-19-20-21-22-23-24-25-26-27-28-29-30-31-32-33-34-35-36-37-38-39-40-41-42-43-44-46-48-58(76)71-53(54(75)47-45-6-4-2)52-84-68-64(82)61(79)66(56(50-73)86-68)89-70-65(83)62(80)67(57(51-74)87-70)88-69-63(81)60(78)59(77)55(49-72)85-69/h5,7,9-10,12-13,15-16,18-19,21-22,24-25,27-28,30-31,53-57,59-70,72-75,77-83H,3-4,6,8,11,14,17,20,23,26,29,32-52H2,1-2H3,(H,71,76)/b7-5-,10-9-,13-12-,16-15-,19-18-,22-21-,25-24-,28-27-,31-30-. The fraction of sp³-hybridized carbons (Fsp3) is 0.729. The Morgan fingerprint density at radius 2 is 0.775 bits per heavy atom. The summed E-state index contributed by atoms with van der Waals surface area (Å²) in [5, 5.41) is 119. The van der Waals surface area contributed by atoms with Crippen molar-refractivity contribution in [3.8, 4) is 0 Å². The lowest BCUT2D eigenvalue weighted by Crippen LogP contribution is -2.66. The van der Waals surface area contributed by atoms with Crippen LogP contribution in [0.4, 0.5) is 0 Å². The van der Waals surface area contributed by atoms with Crippen LogP contribution in [0.25, 0.3) is 0 Å². The molecule has 17 unspecified atom stereocenters.